The van der Waals surface area contributed by atoms with Crippen molar-refractivity contribution in [2.45, 2.75) is 32.3 Å². The number of ether oxygens (including phenoxy) is 1. The van der Waals surface area contributed by atoms with E-state index in [1.165, 1.54) is 12.1 Å². The van der Waals surface area contributed by atoms with Crippen LogP contribution in [0.1, 0.15) is 32.3 Å². The van der Waals surface area contributed by atoms with Crippen LogP contribution in [0, 0.1) is 11.7 Å². The Labute approximate surface area is 113 Å². The second-order valence-electron chi connectivity index (χ2n) is 5.96. The van der Waals surface area contributed by atoms with Crippen molar-refractivity contribution >= 4 is 5.97 Å². The van der Waals surface area contributed by atoms with Gasteiger partial charge in [0.25, 0.3) is 0 Å². The molecule has 1 saturated heterocycles. The number of rotatable bonds is 2. The smallest absolute Gasteiger partial charge is 0.311 e. The lowest BCUT2D eigenvalue weighted by Gasteiger charge is -2.24. The Morgan fingerprint density at radius 1 is 1.37 bits per heavy atom. The molecule has 0 bridgehead atoms. The van der Waals surface area contributed by atoms with Gasteiger partial charge in [0.15, 0.2) is 0 Å². The van der Waals surface area contributed by atoms with E-state index in [2.05, 4.69) is 5.32 Å². The summed E-state index contributed by atoms with van der Waals surface area (Å²) in [7, 11) is 0. The molecule has 1 heterocycles. The van der Waals surface area contributed by atoms with Crippen LogP contribution in [0.25, 0.3) is 0 Å². The minimum absolute atomic E-state index is 0.0226. The molecule has 1 aliphatic heterocycles. The average Bonchev–Trinajstić information content (AvgIpc) is 2.75. The number of benzene rings is 1. The molecule has 1 N–H and O–H groups in total. The zero-order valence-corrected chi connectivity index (χ0v) is 11.6. The van der Waals surface area contributed by atoms with Crippen LogP contribution in [0.5, 0.6) is 0 Å². The average molecular weight is 265 g/mol. The number of carbonyl (C=O) groups excluding carboxylic acids is 1. The lowest BCUT2D eigenvalue weighted by molar-refractivity contribution is -0.159. The molecule has 0 unspecified atom stereocenters. The first-order valence-corrected chi connectivity index (χ1v) is 6.56. The Bertz CT molecular complexity index is 467. The highest BCUT2D eigenvalue weighted by Crippen LogP contribution is 2.30. The van der Waals surface area contributed by atoms with Gasteiger partial charge in [-0.3, -0.25) is 4.79 Å². The minimum atomic E-state index is -0.494. The molecule has 0 radical (unpaired) electrons. The van der Waals surface area contributed by atoms with Crippen molar-refractivity contribution in [1.82, 2.24) is 5.32 Å². The summed E-state index contributed by atoms with van der Waals surface area (Å²) in [6, 6.07) is 6.44. The van der Waals surface area contributed by atoms with Gasteiger partial charge in [-0.2, -0.15) is 0 Å². The van der Waals surface area contributed by atoms with Crippen molar-refractivity contribution in [2.24, 2.45) is 5.92 Å². The highest BCUT2D eigenvalue weighted by Gasteiger charge is 2.36. The van der Waals surface area contributed by atoms with Gasteiger partial charge < -0.3 is 10.1 Å². The maximum atomic E-state index is 13.3. The summed E-state index contributed by atoms with van der Waals surface area (Å²) in [6.45, 7) is 6.81. The summed E-state index contributed by atoms with van der Waals surface area (Å²) in [5.74, 6) is -0.759. The molecule has 2 rings (SSSR count). The van der Waals surface area contributed by atoms with Crippen LogP contribution in [0.2, 0.25) is 0 Å². The van der Waals surface area contributed by atoms with E-state index in [1.54, 1.807) is 6.07 Å². The maximum absolute atomic E-state index is 13.3. The molecule has 0 amide bonds. The van der Waals surface area contributed by atoms with Crippen LogP contribution in [-0.4, -0.2) is 24.7 Å². The van der Waals surface area contributed by atoms with E-state index in [9.17, 15) is 9.18 Å². The number of hydrogen-bond acceptors (Lipinski definition) is 3. The summed E-state index contributed by atoms with van der Waals surface area (Å²) in [5, 5.41) is 3.18. The third-order valence-corrected chi connectivity index (χ3v) is 3.20. The standard InChI is InChI=1S/C15H20FNO2/c1-15(2,3)19-14(18)13-9-17-8-12(13)10-5-4-6-11(16)7-10/h4-7,12-13,17H,8-9H2,1-3H3/t12-,13+/m0/s1. The van der Waals surface area contributed by atoms with E-state index in [4.69, 9.17) is 4.74 Å². The quantitative estimate of drug-likeness (QED) is 0.835. The molecular formula is C15H20FNO2. The maximum Gasteiger partial charge on any atom is 0.311 e. The van der Waals surface area contributed by atoms with E-state index >= 15 is 0 Å². The Morgan fingerprint density at radius 2 is 2.11 bits per heavy atom. The Balaban J connectivity index is 2.15. The molecular weight excluding hydrogens is 245 g/mol. The normalized spacial score (nSPS) is 23.4. The molecule has 19 heavy (non-hydrogen) atoms. The fraction of sp³-hybridized carbons (Fsp3) is 0.533. The highest BCUT2D eigenvalue weighted by molar-refractivity contribution is 5.75. The third-order valence-electron chi connectivity index (χ3n) is 3.20. The fourth-order valence-corrected chi connectivity index (χ4v) is 2.39. The molecule has 104 valence electrons. The molecule has 0 aliphatic carbocycles. The Morgan fingerprint density at radius 3 is 2.74 bits per heavy atom. The molecule has 1 aromatic rings. The van der Waals surface area contributed by atoms with E-state index in [0.29, 0.717) is 13.1 Å². The second-order valence-corrected chi connectivity index (χ2v) is 5.96. The predicted octanol–water partition coefficient (Wildman–Crippen LogP) is 2.47. The van der Waals surface area contributed by atoms with Crippen molar-refractivity contribution in [3.8, 4) is 0 Å². The van der Waals surface area contributed by atoms with E-state index < -0.39 is 5.60 Å². The Kier molecular flexibility index (Phi) is 3.90. The zero-order valence-electron chi connectivity index (χ0n) is 11.6. The van der Waals surface area contributed by atoms with Crippen LogP contribution < -0.4 is 5.32 Å². The van der Waals surface area contributed by atoms with Crippen LogP contribution in [0.4, 0.5) is 4.39 Å². The van der Waals surface area contributed by atoms with Crippen LogP contribution in [0.3, 0.4) is 0 Å². The molecule has 4 heteroatoms. The second kappa shape index (κ2) is 5.29. The number of esters is 1. The first-order chi connectivity index (χ1) is 8.87. The Hall–Kier alpha value is -1.42. The number of halogens is 1. The zero-order chi connectivity index (χ0) is 14.0. The van der Waals surface area contributed by atoms with Gasteiger partial charge in [0.05, 0.1) is 5.92 Å². The van der Waals surface area contributed by atoms with Gasteiger partial charge in [0.2, 0.25) is 0 Å². The van der Waals surface area contributed by atoms with Crippen molar-refractivity contribution in [1.29, 1.82) is 0 Å². The van der Waals surface area contributed by atoms with Gasteiger partial charge in [-0.15, -0.1) is 0 Å². The molecule has 1 fully saturated rings. The SMILES string of the molecule is CC(C)(C)OC(=O)[C@@H]1CNC[C@H]1c1cccc(F)c1. The summed E-state index contributed by atoms with van der Waals surface area (Å²) in [6.07, 6.45) is 0. The lowest BCUT2D eigenvalue weighted by atomic mass is 9.89. The molecule has 0 spiro atoms. The topological polar surface area (TPSA) is 38.3 Å². The molecule has 1 aromatic carbocycles. The molecule has 1 aliphatic rings. The van der Waals surface area contributed by atoms with Gasteiger partial charge in [-0.1, -0.05) is 12.1 Å². The molecule has 0 aromatic heterocycles. The summed E-state index contributed by atoms with van der Waals surface area (Å²) in [5.41, 5.74) is 0.354. The summed E-state index contributed by atoms with van der Waals surface area (Å²) >= 11 is 0. The van der Waals surface area contributed by atoms with Crippen LogP contribution in [0.15, 0.2) is 24.3 Å². The monoisotopic (exact) mass is 265 g/mol. The van der Waals surface area contributed by atoms with Crippen molar-refractivity contribution in [2.75, 3.05) is 13.1 Å². The largest absolute Gasteiger partial charge is 0.460 e. The molecule has 0 saturated carbocycles. The molecule has 2 atom stereocenters. The lowest BCUT2D eigenvalue weighted by Crippen LogP contribution is -2.31. The van der Waals surface area contributed by atoms with Crippen LogP contribution in [-0.2, 0) is 9.53 Å². The van der Waals surface area contributed by atoms with Crippen molar-refractivity contribution in [3.63, 3.8) is 0 Å². The predicted molar refractivity (Wildman–Crippen MR) is 71.3 cm³/mol. The fourth-order valence-electron chi connectivity index (χ4n) is 2.39. The van der Waals surface area contributed by atoms with E-state index in [1.807, 2.05) is 26.8 Å². The number of hydrogen-bond donors (Lipinski definition) is 1. The van der Waals surface area contributed by atoms with Gasteiger partial charge in [-0.05, 0) is 38.5 Å². The first kappa shape index (κ1) is 14.0. The van der Waals surface area contributed by atoms with Gasteiger partial charge >= 0.3 is 5.97 Å². The van der Waals surface area contributed by atoms with Gasteiger partial charge in [0, 0.05) is 19.0 Å². The minimum Gasteiger partial charge on any atom is -0.460 e. The first-order valence-electron chi connectivity index (χ1n) is 6.56. The van der Waals surface area contributed by atoms with E-state index in [0.717, 1.165) is 5.56 Å². The summed E-state index contributed by atoms with van der Waals surface area (Å²) < 4.78 is 18.7. The van der Waals surface area contributed by atoms with Crippen molar-refractivity contribution in [3.05, 3.63) is 35.6 Å². The van der Waals surface area contributed by atoms with Gasteiger partial charge in [0.1, 0.15) is 11.4 Å². The number of carbonyl (C=O) groups is 1. The summed E-state index contributed by atoms with van der Waals surface area (Å²) in [4.78, 5) is 12.2. The van der Waals surface area contributed by atoms with Gasteiger partial charge in [-0.25, -0.2) is 4.39 Å². The van der Waals surface area contributed by atoms with Crippen molar-refractivity contribution < 1.29 is 13.9 Å². The highest BCUT2D eigenvalue weighted by atomic mass is 19.1. The van der Waals surface area contributed by atoms with E-state index in [-0.39, 0.29) is 23.6 Å². The molecule has 3 nitrogen and oxygen atoms in total. The van der Waals surface area contributed by atoms with Crippen LogP contribution >= 0.6 is 0 Å². The third kappa shape index (κ3) is 3.53. The number of nitrogens with one attached hydrogen (secondary N) is 1.